The molecule has 0 aliphatic carbocycles. The highest BCUT2D eigenvalue weighted by Gasteiger charge is 2.41. The van der Waals surface area contributed by atoms with Gasteiger partial charge in [0.1, 0.15) is 5.75 Å². The summed E-state index contributed by atoms with van der Waals surface area (Å²) in [6, 6.07) is 3.54. The molecule has 2 heterocycles. The lowest BCUT2D eigenvalue weighted by Gasteiger charge is -2.34. The molecule has 1 aromatic rings. The van der Waals surface area contributed by atoms with Crippen LogP contribution in [-0.4, -0.2) is 31.0 Å². The SMILES string of the molecule is FC(F)(F)[C@H]1CCCN(Cc2cc(Cl)cc3c2OCOC3)C1. The van der Waals surface area contributed by atoms with E-state index in [1.807, 2.05) is 4.90 Å². The van der Waals surface area contributed by atoms with E-state index in [9.17, 15) is 13.2 Å². The van der Waals surface area contributed by atoms with Crippen LogP contribution in [0.4, 0.5) is 13.2 Å². The van der Waals surface area contributed by atoms with E-state index in [0.29, 0.717) is 36.9 Å². The number of benzene rings is 1. The second-order valence-electron chi connectivity index (χ2n) is 5.78. The van der Waals surface area contributed by atoms with Gasteiger partial charge < -0.3 is 9.47 Å². The van der Waals surface area contributed by atoms with Crippen molar-refractivity contribution in [3.05, 3.63) is 28.3 Å². The third-order valence-electron chi connectivity index (χ3n) is 4.11. The van der Waals surface area contributed by atoms with E-state index in [-0.39, 0.29) is 19.8 Å². The summed E-state index contributed by atoms with van der Waals surface area (Å²) in [5, 5.41) is 0.548. The molecule has 3 nitrogen and oxygen atoms in total. The van der Waals surface area contributed by atoms with Crippen LogP contribution in [0.2, 0.25) is 5.02 Å². The fourth-order valence-electron chi connectivity index (χ4n) is 3.08. The van der Waals surface area contributed by atoms with Crippen molar-refractivity contribution in [2.45, 2.75) is 32.2 Å². The van der Waals surface area contributed by atoms with Gasteiger partial charge in [0, 0.05) is 29.2 Å². The highest BCUT2D eigenvalue weighted by atomic mass is 35.5. The van der Waals surface area contributed by atoms with Crippen molar-refractivity contribution < 1.29 is 22.6 Å². The quantitative estimate of drug-likeness (QED) is 0.816. The van der Waals surface area contributed by atoms with Crippen molar-refractivity contribution in [2.24, 2.45) is 5.92 Å². The number of halogens is 4. The Kier molecular flexibility index (Phi) is 4.52. The summed E-state index contributed by atoms with van der Waals surface area (Å²) in [4.78, 5) is 1.83. The van der Waals surface area contributed by atoms with Crippen LogP contribution in [0.5, 0.6) is 5.75 Å². The molecule has 0 radical (unpaired) electrons. The largest absolute Gasteiger partial charge is 0.467 e. The van der Waals surface area contributed by atoms with Crippen LogP contribution >= 0.6 is 11.6 Å². The number of rotatable bonds is 2. The molecule has 122 valence electrons. The summed E-state index contributed by atoms with van der Waals surface area (Å²) in [5.74, 6) is -0.551. The molecule has 0 N–H and O–H groups in total. The summed E-state index contributed by atoms with van der Waals surface area (Å²) in [5.41, 5.74) is 1.67. The Morgan fingerprint density at radius 1 is 1.32 bits per heavy atom. The molecule has 7 heteroatoms. The van der Waals surface area contributed by atoms with Gasteiger partial charge in [0.25, 0.3) is 0 Å². The second kappa shape index (κ2) is 6.26. The third-order valence-corrected chi connectivity index (χ3v) is 4.33. The minimum absolute atomic E-state index is 0.0291. The second-order valence-corrected chi connectivity index (χ2v) is 6.22. The molecule has 0 bridgehead atoms. The molecule has 0 unspecified atom stereocenters. The maximum Gasteiger partial charge on any atom is 0.393 e. The molecule has 0 aromatic heterocycles. The first kappa shape index (κ1) is 15.9. The highest BCUT2D eigenvalue weighted by Crippen LogP contribution is 2.36. The lowest BCUT2D eigenvalue weighted by molar-refractivity contribution is -0.187. The number of likely N-dealkylation sites (tertiary alicyclic amines) is 1. The first-order chi connectivity index (χ1) is 10.4. The van der Waals surface area contributed by atoms with E-state index in [4.69, 9.17) is 21.1 Å². The molecule has 22 heavy (non-hydrogen) atoms. The Balaban J connectivity index is 1.77. The van der Waals surface area contributed by atoms with Gasteiger partial charge in [0.15, 0.2) is 6.79 Å². The maximum atomic E-state index is 12.9. The molecule has 1 saturated heterocycles. The average molecular weight is 336 g/mol. The molecule has 1 aromatic carbocycles. The molecule has 0 amide bonds. The predicted octanol–water partition coefficient (Wildman–Crippen LogP) is 3.98. The van der Waals surface area contributed by atoms with E-state index >= 15 is 0 Å². The van der Waals surface area contributed by atoms with Crippen molar-refractivity contribution >= 4 is 11.6 Å². The minimum Gasteiger partial charge on any atom is -0.467 e. The molecule has 2 aliphatic heterocycles. The molecule has 3 rings (SSSR count). The van der Waals surface area contributed by atoms with E-state index in [0.717, 1.165) is 11.1 Å². The van der Waals surface area contributed by atoms with E-state index < -0.39 is 12.1 Å². The van der Waals surface area contributed by atoms with E-state index in [2.05, 4.69) is 0 Å². The topological polar surface area (TPSA) is 21.7 Å². The van der Waals surface area contributed by atoms with Gasteiger partial charge in [0.2, 0.25) is 0 Å². The van der Waals surface area contributed by atoms with Crippen molar-refractivity contribution in [3.63, 3.8) is 0 Å². The molecule has 2 aliphatic rings. The maximum absolute atomic E-state index is 12.9. The molecule has 0 spiro atoms. The van der Waals surface area contributed by atoms with Crippen molar-refractivity contribution in [2.75, 3.05) is 19.9 Å². The number of ether oxygens (including phenoxy) is 2. The Bertz CT molecular complexity index is 550. The first-order valence-electron chi connectivity index (χ1n) is 7.24. The summed E-state index contributed by atoms with van der Waals surface area (Å²) in [6.07, 6.45) is -3.37. The number of hydrogen-bond acceptors (Lipinski definition) is 3. The zero-order chi connectivity index (χ0) is 15.7. The van der Waals surface area contributed by atoms with Gasteiger partial charge in [-0.15, -0.1) is 0 Å². The standard InChI is InChI=1S/C15H17ClF3NO2/c16-13-4-10(14-11(5-13)8-21-9-22-14)6-20-3-1-2-12(7-20)15(17,18)19/h4-5,12H,1-3,6-9H2/t12-/m0/s1. The molecule has 1 fully saturated rings. The number of piperidine rings is 1. The Morgan fingerprint density at radius 3 is 2.91 bits per heavy atom. The fourth-order valence-corrected chi connectivity index (χ4v) is 3.34. The smallest absolute Gasteiger partial charge is 0.393 e. The van der Waals surface area contributed by atoms with Crippen LogP contribution in [0, 0.1) is 5.92 Å². The van der Waals surface area contributed by atoms with Gasteiger partial charge in [-0.05, 0) is 31.5 Å². The van der Waals surface area contributed by atoms with E-state index in [1.165, 1.54) is 0 Å². The van der Waals surface area contributed by atoms with Gasteiger partial charge in [-0.3, -0.25) is 4.90 Å². The third kappa shape index (κ3) is 3.50. The van der Waals surface area contributed by atoms with Crippen LogP contribution in [-0.2, 0) is 17.9 Å². The van der Waals surface area contributed by atoms with Crippen LogP contribution in [0.25, 0.3) is 0 Å². The Morgan fingerprint density at radius 2 is 2.14 bits per heavy atom. The molecular weight excluding hydrogens is 319 g/mol. The summed E-state index contributed by atoms with van der Waals surface area (Å²) < 4.78 is 49.4. The first-order valence-corrected chi connectivity index (χ1v) is 7.62. The predicted molar refractivity (Wildman–Crippen MR) is 75.8 cm³/mol. The van der Waals surface area contributed by atoms with E-state index in [1.54, 1.807) is 12.1 Å². The van der Waals surface area contributed by atoms with Gasteiger partial charge in [-0.25, -0.2) is 0 Å². The zero-order valence-electron chi connectivity index (χ0n) is 12.0. The number of hydrogen-bond donors (Lipinski definition) is 0. The minimum atomic E-state index is -4.13. The zero-order valence-corrected chi connectivity index (χ0v) is 12.7. The average Bonchev–Trinajstić information content (AvgIpc) is 2.46. The molecular formula is C15H17ClF3NO2. The van der Waals surface area contributed by atoms with Crippen LogP contribution in [0.15, 0.2) is 12.1 Å². The lowest BCUT2D eigenvalue weighted by Crippen LogP contribution is -2.41. The van der Waals surface area contributed by atoms with Crippen molar-refractivity contribution in [1.29, 1.82) is 0 Å². The summed E-state index contributed by atoms with van der Waals surface area (Å²) in [7, 11) is 0. The number of alkyl halides is 3. The van der Waals surface area contributed by atoms with Crippen molar-refractivity contribution in [1.82, 2.24) is 4.90 Å². The lowest BCUT2D eigenvalue weighted by atomic mass is 9.96. The summed E-state index contributed by atoms with van der Waals surface area (Å²) >= 11 is 6.09. The van der Waals surface area contributed by atoms with Crippen LogP contribution in [0.3, 0.4) is 0 Å². The fraction of sp³-hybridized carbons (Fsp3) is 0.600. The normalized spacial score (nSPS) is 23.0. The monoisotopic (exact) mass is 335 g/mol. The van der Waals surface area contributed by atoms with Gasteiger partial charge in [-0.2, -0.15) is 13.2 Å². The number of nitrogens with zero attached hydrogens (tertiary/aromatic N) is 1. The van der Waals surface area contributed by atoms with Gasteiger partial charge in [0.05, 0.1) is 12.5 Å². The Labute approximate surface area is 131 Å². The Hall–Kier alpha value is -0.980. The summed E-state index contributed by atoms with van der Waals surface area (Å²) in [6.45, 7) is 1.67. The molecule has 1 atom stereocenters. The molecule has 0 saturated carbocycles. The van der Waals surface area contributed by atoms with Gasteiger partial charge >= 0.3 is 6.18 Å². The van der Waals surface area contributed by atoms with Crippen molar-refractivity contribution in [3.8, 4) is 5.75 Å². The van der Waals surface area contributed by atoms with Gasteiger partial charge in [-0.1, -0.05) is 11.6 Å². The van der Waals surface area contributed by atoms with Crippen LogP contribution in [0.1, 0.15) is 24.0 Å². The number of fused-ring (bicyclic) bond motifs is 1. The van der Waals surface area contributed by atoms with Crippen LogP contribution < -0.4 is 4.74 Å². The highest BCUT2D eigenvalue weighted by molar-refractivity contribution is 6.30.